The van der Waals surface area contributed by atoms with Crippen LogP contribution >= 0.6 is 0 Å². The number of nitrogens with one attached hydrogen (secondary N) is 4. The van der Waals surface area contributed by atoms with Gasteiger partial charge in [-0.05, 0) is 53.6 Å². The minimum atomic E-state index is -1.04. The number of imidazole rings is 2. The summed E-state index contributed by atoms with van der Waals surface area (Å²) in [6.07, 6.45) is 4.69. The number of nitrogens with zero attached hydrogens (tertiary/aromatic N) is 4. The number of benzene rings is 4. The van der Waals surface area contributed by atoms with Gasteiger partial charge in [-0.15, -0.1) is 0 Å². The van der Waals surface area contributed by atoms with Gasteiger partial charge in [-0.25, -0.2) is 19.6 Å². The van der Waals surface area contributed by atoms with Gasteiger partial charge in [0.1, 0.15) is 24.2 Å². The standard InChI is InChI=1S/C46H50N8O8/c1-5-19-53(39(55)24-47-44(57)59-3)25-37-48-35-17-13-31-22-29(11-15-33(31)41(35)50-37)30-12-16-34-32(23-30)14-18-36-42(34)51-38(49-36)26-54(27-46(2)61-20-21-62-46)43(56)40(52-45(58)60-4)28-9-7-6-8-10-28/h6-10,12-18,22-23,29,40H,5,11,19-21,24-27H2,1-4H3,(H,47,57)(H,48,50)(H,49,51)(H,52,58)/t29?,40-/m1/s1. The van der Waals surface area contributed by atoms with Crippen LogP contribution in [0.15, 0.2) is 72.8 Å². The largest absolute Gasteiger partial charge is 0.453 e. The van der Waals surface area contributed by atoms with Crippen LogP contribution in [0.25, 0.3) is 45.0 Å². The Labute approximate surface area is 357 Å². The molecule has 322 valence electrons. The molecule has 4 aromatic carbocycles. The Morgan fingerprint density at radius 1 is 0.871 bits per heavy atom. The minimum absolute atomic E-state index is 0.0977. The molecule has 2 atom stereocenters. The van der Waals surface area contributed by atoms with Gasteiger partial charge in [-0.3, -0.25) is 9.59 Å². The molecule has 0 bridgehead atoms. The molecule has 1 aliphatic heterocycles. The number of carbonyl (C=O) groups excluding carboxylic acids is 4. The average molecular weight is 843 g/mol. The Balaban J connectivity index is 1.03. The van der Waals surface area contributed by atoms with Crippen molar-refractivity contribution < 1.29 is 38.1 Å². The van der Waals surface area contributed by atoms with Gasteiger partial charge in [0.2, 0.25) is 5.91 Å². The van der Waals surface area contributed by atoms with E-state index < -0.39 is 24.0 Å². The van der Waals surface area contributed by atoms with E-state index in [4.69, 9.17) is 24.2 Å². The zero-order valence-corrected chi connectivity index (χ0v) is 35.2. The van der Waals surface area contributed by atoms with E-state index in [1.165, 1.54) is 19.8 Å². The highest BCUT2D eigenvalue weighted by Gasteiger charge is 2.38. The summed E-state index contributed by atoms with van der Waals surface area (Å²) in [5.74, 6) is -0.255. The second-order valence-corrected chi connectivity index (χ2v) is 15.6. The molecule has 2 aromatic heterocycles. The summed E-state index contributed by atoms with van der Waals surface area (Å²) in [5, 5.41) is 9.39. The van der Waals surface area contributed by atoms with Crippen molar-refractivity contribution >= 4 is 69.0 Å². The molecule has 1 fully saturated rings. The summed E-state index contributed by atoms with van der Waals surface area (Å²) in [7, 11) is 2.52. The normalized spacial score (nSPS) is 15.9. The molecule has 2 aliphatic rings. The first-order chi connectivity index (χ1) is 30.0. The zero-order chi connectivity index (χ0) is 43.4. The number of alkyl carbamates (subject to hydrolysis) is 2. The van der Waals surface area contributed by atoms with Crippen LogP contribution in [0, 0.1) is 0 Å². The van der Waals surface area contributed by atoms with Gasteiger partial charge in [0.15, 0.2) is 5.79 Å². The van der Waals surface area contributed by atoms with Crippen LogP contribution in [-0.2, 0) is 41.6 Å². The maximum Gasteiger partial charge on any atom is 0.407 e. The van der Waals surface area contributed by atoms with Crippen molar-refractivity contribution in [2.45, 2.75) is 57.5 Å². The molecule has 16 heteroatoms. The van der Waals surface area contributed by atoms with E-state index in [9.17, 15) is 19.2 Å². The average Bonchev–Trinajstić information content (AvgIpc) is 4.04. The first-order valence-corrected chi connectivity index (χ1v) is 20.7. The Bertz CT molecular complexity index is 2760. The highest BCUT2D eigenvalue weighted by molar-refractivity contribution is 6.04. The van der Waals surface area contributed by atoms with Crippen molar-refractivity contribution in [2.24, 2.45) is 0 Å². The zero-order valence-electron chi connectivity index (χ0n) is 35.2. The third kappa shape index (κ3) is 8.97. The molecule has 3 heterocycles. The molecule has 8 rings (SSSR count). The van der Waals surface area contributed by atoms with Crippen molar-refractivity contribution in [1.29, 1.82) is 0 Å². The fourth-order valence-electron chi connectivity index (χ4n) is 8.31. The van der Waals surface area contributed by atoms with Crippen molar-refractivity contribution in [2.75, 3.05) is 47.1 Å². The number of ether oxygens (including phenoxy) is 4. The predicted octanol–water partition coefficient (Wildman–Crippen LogP) is 4.62. The summed E-state index contributed by atoms with van der Waals surface area (Å²) >= 11 is 0. The van der Waals surface area contributed by atoms with Crippen LogP contribution in [0.5, 0.6) is 0 Å². The molecule has 1 unspecified atom stereocenters. The predicted molar refractivity (Wildman–Crippen MR) is 232 cm³/mol. The van der Waals surface area contributed by atoms with Gasteiger partial charge < -0.3 is 49.3 Å². The smallest absolute Gasteiger partial charge is 0.407 e. The topological polar surface area (TPSA) is 193 Å². The van der Waals surface area contributed by atoms with E-state index in [0.717, 1.165) is 56.1 Å². The summed E-state index contributed by atoms with van der Waals surface area (Å²) < 4.78 is 21.3. The van der Waals surface area contributed by atoms with Crippen LogP contribution in [0.3, 0.4) is 0 Å². The van der Waals surface area contributed by atoms with Crippen LogP contribution in [-0.4, -0.2) is 107 Å². The summed E-state index contributed by atoms with van der Waals surface area (Å²) in [5.41, 5.74) is 5.13. The Morgan fingerprint density at radius 3 is 2.29 bits per heavy atom. The van der Waals surface area contributed by atoms with Gasteiger partial charge >= 0.3 is 12.2 Å². The fourth-order valence-corrected chi connectivity index (χ4v) is 8.31. The summed E-state index contributed by atoms with van der Waals surface area (Å²) in [6.45, 7) is 5.46. The number of aromatic amines is 2. The van der Waals surface area contributed by atoms with Gasteiger partial charge in [-0.1, -0.05) is 79.7 Å². The molecule has 0 spiro atoms. The maximum absolute atomic E-state index is 14.4. The van der Waals surface area contributed by atoms with Crippen LogP contribution in [0.4, 0.5) is 9.59 Å². The molecule has 62 heavy (non-hydrogen) atoms. The number of hydrogen-bond donors (Lipinski definition) is 4. The van der Waals surface area contributed by atoms with Gasteiger partial charge in [0.05, 0.1) is 69.1 Å². The van der Waals surface area contributed by atoms with Crippen molar-refractivity contribution in [3.63, 3.8) is 0 Å². The van der Waals surface area contributed by atoms with Gasteiger partial charge in [0, 0.05) is 23.1 Å². The second-order valence-electron chi connectivity index (χ2n) is 15.6. The van der Waals surface area contributed by atoms with Gasteiger partial charge in [0.25, 0.3) is 5.91 Å². The number of H-pyrrole nitrogens is 2. The minimum Gasteiger partial charge on any atom is -0.453 e. The molecule has 1 aliphatic carbocycles. The molecular weight excluding hydrogens is 793 g/mol. The van der Waals surface area contributed by atoms with Crippen molar-refractivity contribution in [3.8, 4) is 0 Å². The highest BCUT2D eigenvalue weighted by atomic mass is 16.7. The van der Waals surface area contributed by atoms with Crippen LogP contribution in [0.2, 0.25) is 0 Å². The maximum atomic E-state index is 14.4. The first-order valence-electron chi connectivity index (χ1n) is 20.7. The summed E-state index contributed by atoms with van der Waals surface area (Å²) in [4.78, 5) is 71.2. The molecule has 4 amide bonds. The van der Waals surface area contributed by atoms with E-state index in [2.05, 4.69) is 67.8 Å². The molecule has 1 saturated heterocycles. The van der Waals surface area contributed by atoms with E-state index in [1.807, 2.05) is 37.3 Å². The molecular formula is C46H50N8O8. The first kappa shape index (κ1) is 41.9. The number of carbonyl (C=O) groups is 4. The molecule has 0 saturated carbocycles. The summed E-state index contributed by atoms with van der Waals surface area (Å²) in [6, 6.07) is 22.6. The number of amides is 4. The highest BCUT2D eigenvalue weighted by Crippen LogP contribution is 2.31. The van der Waals surface area contributed by atoms with E-state index in [0.29, 0.717) is 37.0 Å². The van der Waals surface area contributed by atoms with Crippen LogP contribution < -0.4 is 21.1 Å². The Hall–Kier alpha value is -6.78. The van der Waals surface area contributed by atoms with E-state index >= 15 is 0 Å². The number of aromatic nitrogens is 4. The van der Waals surface area contributed by atoms with Crippen molar-refractivity contribution in [3.05, 3.63) is 106 Å². The molecule has 4 N–H and O–H groups in total. The number of methoxy groups -OCH3 is 2. The number of fused-ring (bicyclic) bond motifs is 6. The SMILES string of the molecule is CCCN(Cc1nc2ccc3c(c2[nH]1)=CCC(c1ccc2c(ccc4nc(CN(CC5(C)OCCO5)C(=O)[C@H](NC(=O)OC)c5ccccc5)[nH]c42)c1)C=3)C(=O)CNC(=O)OC. The molecule has 0 radical (unpaired) electrons. The second kappa shape index (κ2) is 18.1. The monoisotopic (exact) mass is 842 g/mol. The van der Waals surface area contributed by atoms with Gasteiger partial charge in [-0.2, -0.15) is 0 Å². The van der Waals surface area contributed by atoms with Crippen LogP contribution in [0.1, 0.15) is 61.4 Å². The van der Waals surface area contributed by atoms with E-state index in [1.54, 1.807) is 28.9 Å². The molecule has 16 nitrogen and oxygen atoms in total. The lowest BCUT2D eigenvalue weighted by molar-refractivity contribution is -0.168. The Morgan fingerprint density at radius 2 is 1.56 bits per heavy atom. The lowest BCUT2D eigenvalue weighted by Gasteiger charge is -2.33. The molecule has 6 aromatic rings. The third-order valence-corrected chi connectivity index (χ3v) is 11.3. The third-order valence-electron chi connectivity index (χ3n) is 11.3. The number of rotatable bonds is 14. The lowest BCUT2D eigenvalue weighted by atomic mass is 9.89. The Kier molecular flexibility index (Phi) is 12.2. The fraction of sp³-hybridized carbons (Fsp3) is 0.348. The van der Waals surface area contributed by atoms with Crippen molar-refractivity contribution in [1.82, 2.24) is 40.4 Å². The lowest BCUT2D eigenvalue weighted by Crippen LogP contribution is -2.49. The number of hydrogen-bond acceptors (Lipinski definition) is 10. The van der Waals surface area contributed by atoms with E-state index in [-0.39, 0.29) is 43.9 Å². The quantitative estimate of drug-likeness (QED) is 0.120.